The van der Waals surface area contributed by atoms with Gasteiger partial charge in [-0.1, -0.05) is 30.3 Å². The van der Waals surface area contributed by atoms with Crippen LogP contribution >= 0.6 is 0 Å². The molecule has 9 heteroatoms. The number of benzene rings is 3. The molecule has 0 amide bonds. The van der Waals surface area contributed by atoms with Crippen molar-refractivity contribution in [1.82, 2.24) is 29.2 Å². The quantitative estimate of drug-likeness (QED) is 0.346. The average Bonchev–Trinajstić information content (AvgIpc) is 3.66. The van der Waals surface area contributed by atoms with Gasteiger partial charge < -0.3 is 19.6 Å². The van der Waals surface area contributed by atoms with Crippen LogP contribution in [0.5, 0.6) is 5.75 Å². The molecule has 1 fully saturated rings. The van der Waals surface area contributed by atoms with Crippen molar-refractivity contribution in [2.75, 3.05) is 19.6 Å². The van der Waals surface area contributed by atoms with Crippen LogP contribution in [0.4, 0.5) is 0 Å². The second-order valence-corrected chi connectivity index (χ2v) is 9.89. The molecule has 3 aromatic carbocycles. The van der Waals surface area contributed by atoms with Gasteiger partial charge in [0.1, 0.15) is 5.69 Å². The predicted octanol–water partition coefficient (Wildman–Crippen LogP) is 3.71. The fraction of sp³-hybridized carbons (Fsp3) is 0.207. The summed E-state index contributed by atoms with van der Waals surface area (Å²) in [6.07, 6.45) is 4.35. The molecule has 0 radical (unpaired) electrons. The molecule has 190 valence electrons. The standard InChI is InChI=1S/C29H26N6O3/c36-24-17-19(34-13-10-18-6-1-2-9-23(18)34)16-22-27(24)31-26(28(37)30-22)20-7-5-8-21-25(20)32-35(29(21)38)15-14-33-11-3-4-12-33/h1-2,5-10,13,16-17,32,36H,3-4,11-12,14-15H2,(H,30,37)/p+1. The van der Waals surface area contributed by atoms with E-state index in [1.165, 1.54) is 12.8 Å². The van der Waals surface area contributed by atoms with Crippen molar-refractivity contribution in [3.63, 3.8) is 0 Å². The monoisotopic (exact) mass is 507 g/mol. The van der Waals surface area contributed by atoms with E-state index in [2.05, 4.69) is 20.0 Å². The third-order valence-electron chi connectivity index (χ3n) is 7.54. The number of rotatable bonds is 5. The largest absolute Gasteiger partial charge is 0.592 e. The van der Waals surface area contributed by atoms with Crippen molar-refractivity contribution in [3.8, 4) is 22.7 Å². The number of H-pyrrole nitrogens is 2. The van der Waals surface area contributed by atoms with E-state index in [4.69, 9.17) is 5.11 Å². The number of para-hydroxylation sites is 2. The van der Waals surface area contributed by atoms with E-state index >= 15 is 0 Å². The Morgan fingerprint density at radius 1 is 0.947 bits per heavy atom. The number of nitrogens with zero attached hydrogens (tertiary/aromatic N) is 4. The van der Waals surface area contributed by atoms with Gasteiger partial charge in [-0.3, -0.25) is 19.4 Å². The summed E-state index contributed by atoms with van der Waals surface area (Å²) in [6, 6.07) is 19.0. The minimum Gasteiger partial charge on any atom is -0.592 e. The Balaban J connectivity index is 1.32. The van der Waals surface area contributed by atoms with Crippen molar-refractivity contribution in [3.05, 3.63) is 87.6 Å². The van der Waals surface area contributed by atoms with Crippen LogP contribution in [0.2, 0.25) is 0 Å². The Morgan fingerprint density at radius 3 is 2.66 bits per heavy atom. The molecule has 3 aromatic heterocycles. The van der Waals surface area contributed by atoms with E-state index in [-0.39, 0.29) is 22.6 Å². The Morgan fingerprint density at radius 2 is 1.79 bits per heavy atom. The zero-order valence-corrected chi connectivity index (χ0v) is 20.7. The van der Waals surface area contributed by atoms with Crippen LogP contribution in [-0.2, 0) is 6.54 Å². The molecule has 38 heavy (non-hydrogen) atoms. The summed E-state index contributed by atoms with van der Waals surface area (Å²) >= 11 is 0. The topological polar surface area (TPSA) is 115 Å². The first kappa shape index (κ1) is 22.6. The summed E-state index contributed by atoms with van der Waals surface area (Å²) in [5.74, 6) is 0.205. The first-order valence-corrected chi connectivity index (χ1v) is 12.9. The van der Waals surface area contributed by atoms with E-state index in [0.717, 1.165) is 36.2 Å². The number of nitrogens with one attached hydrogen (secondary N) is 2. The molecule has 1 aliphatic heterocycles. The average molecular weight is 508 g/mol. The second-order valence-electron chi connectivity index (χ2n) is 9.89. The maximum atomic E-state index is 13.3. The molecule has 1 aliphatic rings. The third-order valence-corrected chi connectivity index (χ3v) is 7.54. The summed E-state index contributed by atoms with van der Waals surface area (Å²) in [6.45, 7) is 3.49. The molecule has 0 atom stereocenters. The van der Waals surface area contributed by atoms with Crippen molar-refractivity contribution >= 4 is 32.8 Å². The van der Waals surface area contributed by atoms with Gasteiger partial charge in [0.25, 0.3) is 16.9 Å². The van der Waals surface area contributed by atoms with Crippen LogP contribution in [0.15, 0.2) is 76.4 Å². The highest BCUT2D eigenvalue weighted by Gasteiger charge is 2.19. The van der Waals surface area contributed by atoms with E-state index in [1.54, 1.807) is 28.9 Å². The second kappa shape index (κ2) is 8.74. The van der Waals surface area contributed by atoms with Gasteiger partial charge in [0.05, 0.1) is 40.2 Å². The Hall–Kier alpha value is -4.63. The van der Waals surface area contributed by atoms with Gasteiger partial charge in [0.2, 0.25) is 0 Å². The first-order chi connectivity index (χ1) is 18.6. The number of hydrogen-bond donors (Lipinski definition) is 2. The molecule has 0 saturated carbocycles. The van der Waals surface area contributed by atoms with Crippen LogP contribution in [0, 0.1) is 0 Å². The Bertz CT molecular complexity index is 1960. The number of likely N-dealkylation sites (tertiary alicyclic amines) is 1. The summed E-state index contributed by atoms with van der Waals surface area (Å²) < 4.78 is 3.61. The Labute approximate surface area is 216 Å². The van der Waals surface area contributed by atoms with Gasteiger partial charge in [0, 0.05) is 18.3 Å². The van der Waals surface area contributed by atoms with Gasteiger partial charge >= 0.3 is 0 Å². The normalized spacial score (nSPS) is 14.3. The number of aromatic nitrogens is 5. The molecular weight excluding hydrogens is 480 g/mol. The predicted molar refractivity (Wildman–Crippen MR) is 149 cm³/mol. The van der Waals surface area contributed by atoms with Crippen LogP contribution in [0.1, 0.15) is 12.8 Å². The molecule has 9 nitrogen and oxygen atoms in total. The van der Waals surface area contributed by atoms with Gasteiger partial charge in [-0.05, 0) is 55.6 Å². The molecule has 4 N–H and O–H groups in total. The minimum atomic E-state index is -0.371. The van der Waals surface area contributed by atoms with Gasteiger partial charge in [-0.25, -0.2) is 4.98 Å². The number of hydrogen-bond acceptors (Lipinski definition) is 4. The molecule has 0 aliphatic carbocycles. The molecule has 1 saturated heterocycles. The minimum absolute atomic E-state index is 0.108. The lowest BCUT2D eigenvalue weighted by Gasteiger charge is -2.13. The molecular formula is C29H27N6O3+. The lowest BCUT2D eigenvalue weighted by molar-refractivity contribution is 0.314. The van der Waals surface area contributed by atoms with Gasteiger partial charge in [-0.15, -0.1) is 0 Å². The van der Waals surface area contributed by atoms with Gasteiger partial charge in [0.15, 0.2) is 5.52 Å². The summed E-state index contributed by atoms with van der Waals surface area (Å²) in [5, 5.41) is 13.6. The van der Waals surface area contributed by atoms with Crippen LogP contribution in [-0.4, -0.2) is 54.0 Å². The highest BCUT2D eigenvalue weighted by Crippen LogP contribution is 2.30. The zero-order chi connectivity index (χ0) is 25.8. The van der Waals surface area contributed by atoms with Crippen molar-refractivity contribution in [2.45, 2.75) is 19.4 Å². The molecule has 0 spiro atoms. The molecule has 0 unspecified atom stereocenters. The fourth-order valence-electron chi connectivity index (χ4n) is 5.59. The summed E-state index contributed by atoms with van der Waals surface area (Å²) in [7, 11) is 0. The zero-order valence-electron chi connectivity index (χ0n) is 20.7. The van der Waals surface area contributed by atoms with Crippen molar-refractivity contribution in [2.24, 2.45) is 0 Å². The highest BCUT2D eigenvalue weighted by molar-refractivity contribution is 5.94. The number of aromatic amines is 2. The van der Waals surface area contributed by atoms with Gasteiger partial charge in [-0.2, -0.15) is 0 Å². The fourth-order valence-corrected chi connectivity index (χ4v) is 5.59. The maximum absolute atomic E-state index is 13.3. The number of fused-ring (bicyclic) bond motifs is 3. The van der Waals surface area contributed by atoms with Crippen molar-refractivity contribution < 1.29 is 5.11 Å². The lowest BCUT2D eigenvalue weighted by Crippen LogP contribution is -2.28. The summed E-state index contributed by atoms with van der Waals surface area (Å²) in [5.41, 5.74) is 3.51. The lowest BCUT2D eigenvalue weighted by atomic mass is 10.1. The van der Waals surface area contributed by atoms with Crippen LogP contribution in [0.25, 0.3) is 49.8 Å². The van der Waals surface area contributed by atoms with E-state index in [1.807, 2.05) is 47.2 Å². The molecule has 4 heterocycles. The van der Waals surface area contributed by atoms with E-state index < -0.39 is 0 Å². The van der Waals surface area contributed by atoms with E-state index in [9.17, 15) is 9.59 Å². The highest BCUT2D eigenvalue weighted by atomic mass is 16.3. The Kier molecular flexibility index (Phi) is 5.19. The smallest absolute Gasteiger partial charge is 0.284 e. The van der Waals surface area contributed by atoms with Crippen LogP contribution < -0.4 is 11.1 Å². The first-order valence-electron chi connectivity index (χ1n) is 12.9. The third kappa shape index (κ3) is 3.62. The SMILES string of the molecule is O=c1[nH]c2cc(-n3ccc4ccccc43)cc([OH2+])c2nc1-c1cccc2c(=O)n(CCN3CCCC3)[nH]c12. The van der Waals surface area contributed by atoms with E-state index in [0.29, 0.717) is 34.0 Å². The molecule has 6 aromatic rings. The molecule has 0 bridgehead atoms. The van der Waals surface area contributed by atoms with Crippen molar-refractivity contribution in [1.29, 1.82) is 0 Å². The van der Waals surface area contributed by atoms with Crippen LogP contribution in [0.3, 0.4) is 0 Å². The maximum Gasteiger partial charge on any atom is 0.284 e. The summed E-state index contributed by atoms with van der Waals surface area (Å²) in [4.78, 5) is 36.3. The molecule has 7 rings (SSSR count).